The zero-order valence-corrected chi connectivity index (χ0v) is 14.2. The highest BCUT2D eigenvalue weighted by Crippen LogP contribution is 2.35. The van der Waals surface area contributed by atoms with Gasteiger partial charge in [-0.2, -0.15) is 0 Å². The van der Waals surface area contributed by atoms with Crippen molar-refractivity contribution >= 4 is 39.1 Å². The predicted molar refractivity (Wildman–Crippen MR) is 86.0 cm³/mol. The molecule has 0 bridgehead atoms. The summed E-state index contributed by atoms with van der Waals surface area (Å²) in [6, 6.07) is 6.76. The van der Waals surface area contributed by atoms with Crippen molar-refractivity contribution in [2.75, 3.05) is 6.54 Å². The van der Waals surface area contributed by atoms with Crippen LogP contribution in [-0.4, -0.2) is 6.54 Å². The van der Waals surface area contributed by atoms with Crippen LogP contribution in [0.3, 0.4) is 0 Å². The molecule has 112 valence electrons. The standard InChI is InChI=1S/C15H12BrCl2F2N/c1-2-21-15(9-4-3-5-10(17)14(9)18)13-11(19)6-8(16)7-12(13)20/h3-7,15,21H,2H2,1H3. The molecular weight excluding hydrogens is 383 g/mol. The molecule has 0 radical (unpaired) electrons. The lowest BCUT2D eigenvalue weighted by atomic mass is 9.97. The fraction of sp³-hybridized carbons (Fsp3) is 0.200. The molecule has 1 nitrogen and oxygen atoms in total. The normalized spacial score (nSPS) is 12.5. The maximum absolute atomic E-state index is 14.2. The van der Waals surface area contributed by atoms with Crippen LogP contribution in [0.25, 0.3) is 0 Å². The number of hydrogen-bond acceptors (Lipinski definition) is 1. The van der Waals surface area contributed by atoms with Crippen molar-refractivity contribution in [2.24, 2.45) is 0 Å². The van der Waals surface area contributed by atoms with E-state index in [0.717, 1.165) is 0 Å². The second-order valence-electron chi connectivity index (χ2n) is 4.42. The van der Waals surface area contributed by atoms with Gasteiger partial charge in [0.15, 0.2) is 0 Å². The van der Waals surface area contributed by atoms with Gasteiger partial charge < -0.3 is 5.32 Å². The highest BCUT2D eigenvalue weighted by Gasteiger charge is 2.24. The molecule has 0 aliphatic rings. The van der Waals surface area contributed by atoms with Crippen molar-refractivity contribution in [1.29, 1.82) is 0 Å². The Morgan fingerprint density at radius 2 is 1.81 bits per heavy atom. The second-order valence-corrected chi connectivity index (χ2v) is 6.12. The number of halogens is 5. The van der Waals surface area contributed by atoms with E-state index in [1.54, 1.807) is 18.2 Å². The van der Waals surface area contributed by atoms with Crippen LogP contribution in [0, 0.1) is 11.6 Å². The van der Waals surface area contributed by atoms with Crippen LogP contribution in [0.1, 0.15) is 24.1 Å². The van der Waals surface area contributed by atoms with Crippen LogP contribution >= 0.6 is 39.1 Å². The fourth-order valence-electron chi connectivity index (χ4n) is 2.14. The van der Waals surface area contributed by atoms with Gasteiger partial charge in [0.25, 0.3) is 0 Å². The van der Waals surface area contributed by atoms with Crippen LogP contribution in [-0.2, 0) is 0 Å². The molecule has 0 amide bonds. The topological polar surface area (TPSA) is 12.0 Å². The SMILES string of the molecule is CCNC(c1cccc(Cl)c1Cl)c1c(F)cc(Br)cc1F. The second kappa shape index (κ2) is 7.05. The van der Waals surface area contributed by atoms with E-state index in [9.17, 15) is 8.78 Å². The summed E-state index contributed by atoms with van der Waals surface area (Å²) in [6.07, 6.45) is 0. The van der Waals surface area contributed by atoms with Gasteiger partial charge in [-0.25, -0.2) is 8.78 Å². The first kappa shape index (κ1) is 16.7. The molecule has 2 rings (SSSR count). The quantitative estimate of drug-likeness (QED) is 0.697. The lowest BCUT2D eigenvalue weighted by Crippen LogP contribution is -2.24. The molecule has 6 heteroatoms. The average Bonchev–Trinajstić information content (AvgIpc) is 2.40. The molecule has 21 heavy (non-hydrogen) atoms. The van der Waals surface area contributed by atoms with Gasteiger partial charge in [0, 0.05) is 10.0 Å². The summed E-state index contributed by atoms with van der Waals surface area (Å²) in [5.74, 6) is -1.30. The van der Waals surface area contributed by atoms with Crippen molar-refractivity contribution in [3.8, 4) is 0 Å². The van der Waals surface area contributed by atoms with Gasteiger partial charge >= 0.3 is 0 Å². The summed E-state index contributed by atoms with van der Waals surface area (Å²) in [5, 5.41) is 3.67. The zero-order chi connectivity index (χ0) is 15.6. The van der Waals surface area contributed by atoms with E-state index < -0.39 is 17.7 Å². The minimum atomic E-state index is -0.714. The third-order valence-electron chi connectivity index (χ3n) is 3.03. The maximum Gasteiger partial charge on any atom is 0.132 e. The monoisotopic (exact) mass is 393 g/mol. The van der Waals surface area contributed by atoms with Crippen LogP contribution in [0.15, 0.2) is 34.8 Å². The van der Waals surface area contributed by atoms with Crippen molar-refractivity contribution in [3.63, 3.8) is 0 Å². The van der Waals surface area contributed by atoms with Crippen LogP contribution in [0.4, 0.5) is 8.78 Å². The van der Waals surface area contributed by atoms with E-state index >= 15 is 0 Å². The minimum Gasteiger partial charge on any atom is -0.306 e. The zero-order valence-electron chi connectivity index (χ0n) is 11.1. The van der Waals surface area contributed by atoms with E-state index in [1.165, 1.54) is 12.1 Å². The van der Waals surface area contributed by atoms with Crippen molar-refractivity contribution in [2.45, 2.75) is 13.0 Å². The molecule has 1 N–H and O–H groups in total. The molecule has 0 heterocycles. The Morgan fingerprint density at radius 1 is 1.19 bits per heavy atom. The number of hydrogen-bond donors (Lipinski definition) is 1. The summed E-state index contributed by atoms with van der Waals surface area (Å²) in [4.78, 5) is 0. The van der Waals surface area contributed by atoms with E-state index in [0.29, 0.717) is 21.6 Å². The van der Waals surface area contributed by atoms with Gasteiger partial charge in [-0.15, -0.1) is 0 Å². The lowest BCUT2D eigenvalue weighted by Gasteiger charge is -2.22. The fourth-order valence-corrected chi connectivity index (χ4v) is 2.96. The molecule has 1 atom stereocenters. The van der Waals surface area contributed by atoms with E-state index in [2.05, 4.69) is 21.2 Å². The van der Waals surface area contributed by atoms with Crippen LogP contribution in [0.2, 0.25) is 10.0 Å². The van der Waals surface area contributed by atoms with E-state index in [4.69, 9.17) is 23.2 Å². The molecule has 1 unspecified atom stereocenters. The molecule has 0 saturated heterocycles. The Bertz CT molecular complexity index is 641. The number of rotatable bonds is 4. The van der Waals surface area contributed by atoms with Gasteiger partial charge in [0.05, 0.1) is 16.1 Å². The molecule has 0 aliphatic heterocycles. The third-order valence-corrected chi connectivity index (χ3v) is 4.32. The first-order valence-electron chi connectivity index (χ1n) is 6.27. The molecular formula is C15H12BrCl2F2N. The summed E-state index contributed by atoms with van der Waals surface area (Å²) in [6.45, 7) is 2.36. The van der Waals surface area contributed by atoms with Gasteiger partial charge in [-0.1, -0.05) is 58.2 Å². The molecule has 2 aromatic rings. The van der Waals surface area contributed by atoms with Gasteiger partial charge in [0.1, 0.15) is 11.6 Å². The highest BCUT2D eigenvalue weighted by atomic mass is 79.9. The van der Waals surface area contributed by atoms with Gasteiger partial charge in [-0.05, 0) is 30.3 Å². The first-order valence-corrected chi connectivity index (χ1v) is 7.82. The highest BCUT2D eigenvalue weighted by molar-refractivity contribution is 9.10. The Kier molecular flexibility index (Phi) is 5.60. The third kappa shape index (κ3) is 3.57. The molecule has 0 aliphatic carbocycles. The summed E-state index contributed by atoms with van der Waals surface area (Å²) >= 11 is 15.2. The molecule has 0 aromatic heterocycles. The van der Waals surface area contributed by atoms with E-state index in [1.807, 2.05) is 6.92 Å². The van der Waals surface area contributed by atoms with Crippen LogP contribution < -0.4 is 5.32 Å². The smallest absolute Gasteiger partial charge is 0.132 e. The molecule has 0 spiro atoms. The van der Waals surface area contributed by atoms with Gasteiger partial charge in [0.2, 0.25) is 0 Å². The average molecular weight is 395 g/mol. The van der Waals surface area contributed by atoms with Crippen molar-refractivity contribution in [1.82, 2.24) is 5.32 Å². The largest absolute Gasteiger partial charge is 0.306 e. The Morgan fingerprint density at radius 3 is 2.38 bits per heavy atom. The minimum absolute atomic E-state index is 0.0794. The van der Waals surface area contributed by atoms with E-state index in [-0.39, 0.29) is 10.6 Å². The maximum atomic E-state index is 14.2. The van der Waals surface area contributed by atoms with Gasteiger partial charge in [-0.3, -0.25) is 0 Å². The summed E-state index contributed by atoms with van der Waals surface area (Å²) < 4.78 is 28.8. The first-order chi connectivity index (χ1) is 9.95. The summed E-state index contributed by atoms with van der Waals surface area (Å²) in [5.41, 5.74) is 0.454. The number of nitrogens with one attached hydrogen (secondary N) is 1. The Labute approximate surface area is 140 Å². The molecule has 0 fully saturated rings. The lowest BCUT2D eigenvalue weighted by molar-refractivity contribution is 0.509. The Hall–Kier alpha value is -0.680. The van der Waals surface area contributed by atoms with Crippen molar-refractivity contribution < 1.29 is 8.78 Å². The summed E-state index contributed by atoms with van der Waals surface area (Å²) in [7, 11) is 0. The number of benzene rings is 2. The molecule has 2 aromatic carbocycles. The van der Waals surface area contributed by atoms with Crippen LogP contribution in [0.5, 0.6) is 0 Å². The predicted octanol–water partition coefficient (Wildman–Crippen LogP) is 5.73. The Balaban J connectivity index is 2.62. The van der Waals surface area contributed by atoms with Crippen molar-refractivity contribution in [3.05, 3.63) is 67.6 Å². The molecule has 0 saturated carbocycles.